The summed E-state index contributed by atoms with van der Waals surface area (Å²) in [5.41, 5.74) is 3.10. The van der Waals surface area contributed by atoms with Gasteiger partial charge in [-0.3, -0.25) is 10.1 Å². The van der Waals surface area contributed by atoms with Crippen molar-refractivity contribution in [3.63, 3.8) is 0 Å². The second kappa shape index (κ2) is 3.92. The molecule has 4 heteroatoms. The molecular formula is C10H10BrN3. The first-order chi connectivity index (χ1) is 6.79. The summed E-state index contributed by atoms with van der Waals surface area (Å²) in [5.74, 6) is 0. The molecule has 14 heavy (non-hydrogen) atoms. The summed E-state index contributed by atoms with van der Waals surface area (Å²) in [6.45, 7) is 2.09. The highest BCUT2D eigenvalue weighted by Crippen LogP contribution is 2.20. The van der Waals surface area contributed by atoms with E-state index in [1.54, 1.807) is 12.4 Å². The first kappa shape index (κ1) is 9.40. The van der Waals surface area contributed by atoms with Crippen LogP contribution in [0.15, 0.2) is 29.0 Å². The summed E-state index contributed by atoms with van der Waals surface area (Å²) in [5, 5.41) is 7.19. The Morgan fingerprint density at radius 1 is 1.36 bits per heavy atom. The molecule has 1 N–H and O–H groups in total. The summed E-state index contributed by atoms with van der Waals surface area (Å²) >= 11 is 3.38. The predicted octanol–water partition coefficient (Wildman–Crippen LogP) is 2.80. The number of aromatic amines is 1. The Kier molecular flexibility index (Phi) is 2.63. The lowest BCUT2D eigenvalue weighted by molar-refractivity contribution is 0.976. The normalized spacial score (nSPS) is 10.4. The molecule has 0 saturated carbocycles. The van der Waals surface area contributed by atoms with Gasteiger partial charge in [0.2, 0.25) is 0 Å². The van der Waals surface area contributed by atoms with E-state index in [4.69, 9.17) is 0 Å². The highest BCUT2D eigenvalue weighted by molar-refractivity contribution is 9.10. The van der Waals surface area contributed by atoms with E-state index >= 15 is 0 Å². The van der Waals surface area contributed by atoms with E-state index in [1.165, 1.54) is 0 Å². The molecule has 2 aromatic heterocycles. The maximum absolute atomic E-state index is 4.21. The van der Waals surface area contributed by atoms with Crippen molar-refractivity contribution < 1.29 is 0 Å². The van der Waals surface area contributed by atoms with Crippen LogP contribution in [0.3, 0.4) is 0 Å². The molecule has 0 fully saturated rings. The molecule has 2 rings (SSSR count). The zero-order valence-corrected chi connectivity index (χ0v) is 9.37. The van der Waals surface area contributed by atoms with Crippen molar-refractivity contribution in [2.24, 2.45) is 0 Å². The van der Waals surface area contributed by atoms with Gasteiger partial charge in [-0.2, -0.15) is 5.10 Å². The van der Waals surface area contributed by atoms with Crippen molar-refractivity contribution in [1.29, 1.82) is 0 Å². The van der Waals surface area contributed by atoms with Gasteiger partial charge >= 0.3 is 0 Å². The fraction of sp³-hybridized carbons (Fsp3) is 0.200. The summed E-state index contributed by atoms with van der Waals surface area (Å²) in [6, 6.07) is 4.05. The molecule has 0 aromatic carbocycles. The Hall–Kier alpha value is -1.16. The van der Waals surface area contributed by atoms with Gasteiger partial charge in [-0.25, -0.2) is 0 Å². The van der Waals surface area contributed by atoms with E-state index < -0.39 is 0 Å². The number of pyridine rings is 1. The highest BCUT2D eigenvalue weighted by Gasteiger charge is 2.03. The number of rotatable bonds is 2. The quantitative estimate of drug-likeness (QED) is 0.892. The largest absolute Gasteiger partial charge is 0.282 e. The van der Waals surface area contributed by atoms with Crippen molar-refractivity contribution in [2.45, 2.75) is 13.3 Å². The Labute approximate surface area is 90.7 Å². The SMILES string of the molecule is CCc1cc(-c2cncc(Br)c2)n[nH]1. The monoisotopic (exact) mass is 251 g/mol. The van der Waals surface area contributed by atoms with Crippen LogP contribution in [-0.4, -0.2) is 15.2 Å². The highest BCUT2D eigenvalue weighted by atomic mass is 79.9. The minimum absolute atomic E-state index is 0.940. The fourth-order valence-electron chi connectivity index (χ4n) is 1.24. The lowest BCUT2D eigenvalue weighted by Crippen LogP contribution is -1.80. The molecule has 0 atom stereocenters. The molecule has 0 aliphatic rings. The van der Waals surface area contributed by atoms with Gasteiger partial charge in [0.05, 0.1) is 5.69 Å². The number of H-pyrrole nitrogens is 1. The molecule has 2 aromatic rings. The number of nitrogens with zero attached hydrogens (tertiary/aromatic N) is 2. The van der Waals surface area contributed by atoms with Crippen LogP contribution in [0.5, 0.6) is 0 Å². The first-order valence-electron chi connectivity index (χ1n) is 4.45. The number of halogens is 1. The van der Waals surface area contributed by atoms with Gasteiger partial charge in [-0.15, -0.1) is 0 Å². The van der Waals surface area contributed by atoms with Crippen LogP contribution < -0.4 is 0 Å². The first-order valence-corrected chi connectivity index (χ1v) is 5.24. The van der Waals surface area contributed by atoms with Gasteiger partial charge in [0.25, 0.3) is 0 Å². The summed E-state index contributed by atoms with van der Waals surface area (Å²) in [6.07, 6.45) is 4.53. The molecule has 0 aliphatic heterocycles. The molecule has 72 valence electrons. The Balaban J connectivity index is 2.39. The van der Waals surface area contributed by atoms with E-state index in [-0.39, 0.29) is 0 Å². The van der Waals surface area contributed by atoms with Crippen LogP contribution >= 0.6 is 15.9 Å². The zero-order chi connectivity index (χ0) is 9.97. The van der Waals surface area contributed by atoms with Crippen molar-refractivity contribution in [3.8, 4) is 11.3 Å². The summed E-state index contributed by atoms with van der Waals surface area (Å²) < 4.78 is 0.969. The van der Waals surface area contributed by atoms with E-state index in [0.717, 1.165) is 27.8 Å². The number of nitrogens with one attached hydrogen (secondary N) is 1. The van der Waals surface area contributed by atoms with Gasteiger partial charge in [0.15, 0.2) is 0 Å². The summed E-state index contributed by atoms with van der Waals surface area (Å²) in [4.78, 5) is 4.09. The molecule has 0 unspecified atom stereocenters. The number of aryl methyl sites for hydroxylation is 1. The Morgan fingerprint density at radius 3 is 2.86 bits per heavy atom. The Morgan fingerprint density at radius 2 is 2.21 bits per heavy atom. The van der Waals surface area contributed by atoms with Gasteiger partial charge in [-0.05, 0) is 34.5 Å². The molecule has 0 spiro atoms. The molecule has 0 saturated heterocycles. The molecule has 0 radical (unpaired) electrons. The van der Waals surface area contributed by atoms with Crippen molar-refractivity contribution in [2.75, 3.05) is 0 Å². The van der Waals surface area contributed by atoms with Crippen LogP contribution in [0.2, 0.25) is 0 Å². The minimum atomic E-state index is 0.940. The number of hydrogen-bond acceptors (Lipinski definition) is 2. The number of hydrogen-bond donors (Lipinski definition) is 1. The third-order valence-corrected chi connectivity index (χ3v) is 2.45. The van der Waals surface area contributed by atoms with E-state index in [9.17, 15) is 0 Å². The molecular weight excluding hydrogens is 242 g/mol. The van der Waals surface area contributed by atoms with Crippen LogP contribution in [0.1, 0.15) is 12.6 Å². The third kappa shape index (κ3) is 1.85. The van der Waals surface area contributed by atoms with Crippen molar-refractivity contribution in [3.05, 3.63) is 34.7 Å². The van der Waals surface area contributed by atoms with E-state index in [0.29, 0.717) is 0 Å². The second-order valence-electron chi connectivity index (χ2n) is 3.02. The van der Waals surface area contributed by atoms with Crippen molar-refractivity contribution >= 4 is 15.9 Å². The molecule has 3 nitrogen and oxygen atoms in total. The average Bonchev–Trinajstić information content (AvgIpc) is 2.66. The lowest BCUT2D eigenvalue weighted by atomic mass is 10.2. The molecule has 2 heterocycles. The maximum atomic E-state index is 4.21. The zero-order valence-electron chi connectivity index (χ0n) is 7.79. The third-order valence-electron chi connectivity index (χ3n) is 2.01. The van der Waals surface area contributed by atoms with Crippen molar-refractivity contribution in [1.82, 2.24) is 15.2 Å². The molecule has 0 bridgehead atoms. The molecule has 0 amide bonds. The van der Waals surface area contributed by atoms with Crippen LogP contribution in [0.4, 0.5) is 0 Å². The standard InChI is InChI=1S/C10H10BrN3/c1-2-9-4-10(14-13-9)7-3-8(11)6-12-5-7/h3-6H,2H2,1H3,(H,13,14). The van der Waals surface area contributed by atoms with E-state index in [1.807, 2.05) is 12.1 Å². The van der Waals surface area contributed by atoms with Crippen LogP contribution in [-0.2, 0) is 6.42 Å². The predicted molar refractivity (Wildman–Crippen MR) is 58.9 cm³/mol. The number of aromatic nitrogens is 3. The minimum Gasteiger partial charge on any atom is -0.282 e. The topological polar surface area (TPSA) is 41.6 Å². The Bertz CT molecular complexity index is 436. The lowest BCUT2D eigenvalue weighted by Gasteiger charge is -1.94. The average molecular weight is 252 g/mol. The molecule has 0 aliphatic carbocycles. The van der Waals surface area contributed by atoms with Gasteiger partial charge in [-0.1, -0.05) is 6.92 Å². The smallest absolute Gasteiger partial charge is 0.0939 e. The van der Waals surface area contributed by atoms with Gasteiger partial charge in [0.1, 0.15) is 0 Å². The maximum Gasteiger partial charge on any atom is 0.0939 e. The second-order valence-corrected chi connectivity index (χ2v) is 3.94. The summed E-state index contributed by atoms with van der Waals surface area (Å²) in [7, 11) is 0. The fourth-order valence-corrected chi connectivity index (χ4v) is 1.61. The van der Waals surface area contributed by atoms with Crippen LogP contribution in [0.25, 0.3) is 11.3 Å². The van der Waals surface area contributed by atoms with E-state index in [2.05, 4.69) is 38.0 Å². The van der Waals surface area contributed by atoms with Gasteiger partial charge in [0, 0.05) is 28.1 Å². The van der Waals surface area contributed by atoms with Gasteiger partial charge < -0.3 is 0 Å². The van der Waals surface area contributed by atoms with Crippen LogP contribution in [0, 0.1) is 0 Å².